The molecule has 24 aromatic rings. The molecule has 0 saturated carbocycles. The van der Waals surface area contributed by atoms with Crippen LogP contribution < -0.4 is 0 Å². The monoisotopic (exact) mass is 1670 g/mol. The first-order chi connectivity index (χ1) is 64.8. The molecule has 8 nitrogen and oxygen atoms in total. The molecule has 5 aromatic heterocycles. The van der Waals surface area contributed by atoms with Crippen molar-refractivity contribution < 1.29 is 0 Å². The molecule has 0 aliphatic carbocycles. The molecular formula is C123H78N8. The van der Waals surface area contributed by atoms with E-state index >= 15 is 0 Å². The van der Waals surface area contributed by atoms with Gasteiger partial charge in [0.15, 0.2) is 0 Å². The predicted octanol–water partition coefficient (Wildman–Crippen LogP) is 31.7. The lowest BCUT2D eigenvalue weighted by Crippen LogP contribution is -1.96. The van der Waals surface area contributed by atoms with E-state index in [2.05, 4.69) is 431 Å². The standard InChI is InChI=1S/C55H36N2.C38H23N3.C30H19N3/c1-3-16-39(17-4-1)52-35-44(36-53(56-52)40-18-5-2-6-19-40)41-22-11-23-45(32-41)57-54-30-28-42(48-26-12-20-37-14-7-9-24-46(37)48)33-50(54)51-34-43(29-31-55(51)57)49-27-13-21-38-15-8-10-25-47(38)49;39-24-26-8-5-9-28(18-26)29-10-6-11-30(21-29)31-12-7-13-32(22-31)33-19-27(25-40)20-34(23-33)41-37-16-3-1-14-35(37)36-15-2-4-17-38(36)41;31-20-21-15-16-32-28(17-21)24-8-6-7-22(18-24)23-13-14-27-26-11-4-5-12-29(26)33(30(27)19-23)25-9-2-1-3-10-25/h1-36H;1-23H;1-19H. The number of hydrogen-bond donors (Lipinski definition) is 0. The Morgan fingerprint density at radius 2 is 0.527 bits per heavy atom. The van der Waals surface area contributed by atoms with Crippen molar-refractivity contribution in [3.63, 3.8) is 0 Å². The Labute approximate surface area is 758 Å². The number of pyridine rings is 2. The average Bonchev–Trinajstić information content (AvgIpc) is 1.60. The summed E-state index contributed by atoms with van der Waals surface area (Å²) in [6.07, 6.45) is 1.69. The third-order valence-corrected chi connectivity index (χ3v) is 25.0. The zero-order valence-electron chi connectivity index (χ0n) is 71.1. The molecule has 0 spiro atoms. The van der Waals surface area contributed by atoms with Crippen LogP contribution in [0.5, 0.6) is 0 Å². The lowest BCUT2D eigenvalue weighted by atomic mass is 9.95. The predicted molar refractivity (Wildman–Crippen MR) is 541 cm³/mol. The van der Waals surface area contributed by atoms with Gasteiger partial charge in [0, 0.05) is 72.3 Å². The number of fused-ring (bicyclic) bond motifs is 11. The van der Waals surface area contributed by atoms with Crippen molar-refractivity contribution in [2.75, 3.05) is 0 Å². The third kappa shape index (κ3) is 15.2. The zero-order chi connectivity index (χ0) is 87.7. The van der Waals surface area contributed by atoms with Crippen LogP contribution in [-0.4, -0.2) is 23.7 Å². The third-order valence-electron chi connectivity index (χ3n) is 25.0. The highest BCUT2D eigenvalue weighted by Gasteiger charge is 2.22. The first-order valence-corrected chi connectivity index (χ1v) is 43.9. The van der Waals surface area contributed by atoms with Crippen molar-refractivity contribution in [2.24, 2.45) is 0 Å². The number of benzene rings is 19. The number of rotatable bonds is 13. The molecule has 0 aliphatic rings. The summed E-state index contributed by atoms with van der Waals surface area (Å²) in [5.41, 5.74) is 33.6. The Bertz CT molecular complexity index is 8460. The zero-order valence-corrected chi connectivity index (χ0v) is 71.1. The number of hydrogen-bond acceptors (Lipinski definition) is 5. The number of aromatic nitrogens is 5. The van der Waals surface area contributed by atoms with Gasteiger partial charge in [-0.05, 0) is 245 Å². The minimum absolute atomic E-state index is 0.610. The fourth-order valence-electron chi connectivity index (χ4n) is 18.8. The van der Waals surface area contributed by atoms with Gasteiger partial charge in [-0.15, -0.1) is 0 Å². The maximum Gasteiger partial charge on any atom is 0.0992 e. The topological polar surface area (TPSA) is 112 Å². The van der Waals surface area contributed by atoms with E-state index < -0.39 is 0 Å². The summed E-state index contributed by atoms with van der Waals surface area (Å²) in [5, 5.41) is 40.9. The van der Waals surface area contributed by atoms with Gasteiger partial charge in [-0.3, -0.25) is 4.98 Å². The molecule has 24 rings (SSSR count). The average molecular weight is 1670 g/mol. The summed E-state index contributed by atoms with van der Waals surface area (Å²) in [5.74, 6) is 0. The number of nitrogens with zero attached hydrogens (tertiary/aromatic N) is 8. The van der Waals surface area contributed by atoms with Crippen molar-refractivity contribution in [1.82, 2.24) is 23.7 Å². The molecule has 0 amide bonds. The molecule has 0 aliphatic heterocycles. The van der Waals surface area contributed by atoms with Gasteiger partial charge in [0.25, 0.3) is 0 Å². The lowest BCUT2D eigenvalue weighted by Gasteiger charge is -2.13. The van der Waals surface area contributed by atoms with Crippen LogP contribution in [0.3, 0.4) is 0 Å². The van der Waals surface area contributed by atoms with Gasteiger partial charge in [0.1, 0.15) is 0 Å². The first kappa shape index (κ1) is 78.8. The Kier molecular flexibility index (Phi) is 20.7. The Morgan fingerprint density at radius 3 is 1.07 bits per heavy atom. The van der Waals surface area contributed by atoms with E-state index in [0.29, 0.717) is 16.7 Å². The molecule has 0 unspecified atom stereocenters. The summed E-state index contributed by atoms with van der Waals surface area (Å²) in [4.78, 5) is 9.62. The van der Waals surface area contributed by atoms with Gasteiger partial charge >= 0.3 is 0 Å². The van der Waals surface area contributed by atoms with Gasteiger partial charge in [0.2, 0.25) is 0 Å². The molecule has 5 heterocycles. The molecule has 610 valence electrons. The van der Waals surface area contributed by atoms with E-state index in [0.717, 1.165) is 118 Å². The summed E-state index contributed by atoms with van der Waals surface area (Å²) in [7, 11) is 0. The molecule has 0 fully saturated rings. The largest absolute Gasteiger partial charge is 0.309 e. The van der Waals surface area contributed by atoms with Crippen LogP contribution in [0.15, 0.2) is 473 Å². The van der Waals surface area contributed by atoms with Crippen LogP contribution >= 0.6 is 0 Å². The fourth-order valence-corrected chi connectivity index (χ4v) is 18.8. The smallest absolute Gasteiger partial charge is 0.0992 e. The minimum atomic E-state index is 0.610. The summed E-state index contributed by atoms with van der Waals surface area (Å²) in [6, 6.07) is 171. The Hall–Kier alpha value is -18.1. The normalized spacial score (nSPS) is 11.2. The molecule has 0 radical (unpaired) electrons. The second-order valence-electron chi connectivity index (χ2n) is 32.9. The second kappa shape index (κ2) is 34.4. The van der Waals surface area contributed by atoms with Gasteiger partial charge in [-0.1, -0.05) is 322 Å². The van der Waals surface area contributed by atoms with Crippen LogP contribution in [0, 0.1) is 34.0 Å². The van der Waals surface area contributed by atoms with Crippen LogP contribution in [-0.2, 0) is 0 Å². The summed E-state index contributed by atoms with van der Waals surface area (Å²) in [6.45, 7) is 0. The summed E-state index contributed by atoms with van der Waals surface area (Å²) >= 11 is 0. The highest BCUT2D eigenvalue weighted by atomic mass is 15.0. The highest BCUT2D eigenvalue weighted by molar-refractivity contribution is 6.15. The van der Waals surface area contributed by atoms with Crippen molar-refractivity contribution in [3.8, 4) is 147 Å². The Morgan fingerprint density at radius 1 is 0.176 bits per heavy atom. The maximum absolute atomic E-state index is 9.99. The van der Waals surface area contributed by atoms with Crippen molar-refractivity contribution in [3.05, 3.63) is 490 Å². The SMILES string of the molecule is N#Cc1cccc(-c2cccc(-c3cccc(-c4cc(C#N)cc(-n5c6ccccc6c6ccccc65)c4)c3)c2)c1.N#Cc1ccnc(-c2cccc(-c3ccc4c5ccccc5n(-c5ccccc5)c4c3)c2)c1.c1ccc(-c2cc(-c3cccc(-n4c5ccc(-c6cccc7ccccc67)cc5c5cc(-c6cccc7ccccc67)ccc54)c3)cc(-c3ccccc3)n2)cc1. The number of para-hydroxylation sites is 4. The van der Waals surface area contributed by atoms with Gasteiger partial charge in [-0.25, -0.2) is 4.98 Å². The minimum Gasteiger partial charge on any atom is -0.309 e. The van der Waals surface area contributed by atoms with Gasteiger partial charge in [0.05, 0.1) is 85.1 Å². The maximum atomic E-state index is 9.99. The molecule has 8 heteroatoms. The highest BCUT2D eigenvalue weighted by Crippen LogP contribution is 2.44. The van der Waals surface area contributed by atoms with Crippen molar-refractivity contribution in [1.29, 1.82) is 15.8 Å². The molecule has 0 saturated heterocycles. The molecule has 0 N–H and O–H groups in total. The van der Waals surface area contributed by atoms with Crippen molar-refractivity contribution in [2.45, 2.75) is 0 Å². The summed E-state index contributed by atoms with van der Waals surface area (Å²) < 4.78 is 7.01. The molecule has 0 atom stereocenters. The lowest BCUT2D eigenvalue weighted by molar-refractivity contribution is 1.18. The van der Waals surface area contributed by atoms with Gasteiger partial charge in [-0.2, -0.15) is 15.8 Å². The fraction of sp³-hybridized carbons (Fsp3) is 0. The Balaban J connectivity index is 0.000000120. The van der Waals surface area contributed by atoms with E-state index in [1.165, 1.54) is 98.2 Å². The van der Waals surface area contributed by atoms with E-state index in [1.54, 1.807) is 12.3 Å². The van der Waals surface area contributed by atoms with Crippen LogP contribution in [0.4, 0.5) is 0 Å². The van der Waals surface area contributed by atoms with E-state index in [4.69, 9.17) is 4.98 Å². The molecule has 131 heavy (non-hydrogen) atoms. The quantitative estimate of drug-likeness (QED) is 0.114. The number of nitriles is 3. The molecule has 19 aromatic carbocycles. The second-order valence-corrected chi connectivity index (χ2v) is 32.9. The molecular weight excluding hydrogens is 1590 g/mol. The van der Waals surface area contributed by atoms with Crippen molar-refractivity contribution >= 4 is 87.0 Å². The van der Waals surface area contributed by atoms with Crippen LogP contribution in [0.1, 0.15) is 16.7 Å². The van der Waals surface area contributed by atoms with Crippen LogP contribution in [0.2, 0.25) is 0 Å². The van der Waals surface area contributed by atoms with Crippen LogP contribution in [0.25, 0.3) is 216 Å². The van der Waals surface area contributed by atoms with E-state index in [-0.39, 0.29) is 0 Å². The first-order valence-electron chi connectivity index (χ1n) is 43.9. The van der Waals surface area contributed by atoms with E-state index in [9.17, 15) is 15.8 Å². The van der Waals surface area contributed by atoms with E-state index in [1.807, 2.05) is 66.7 Å². The van der Waals surface area contributed by atoms with Gasteiger partial charge < -0.3 is 13.7 Å². The molecule has 0 bridgehead atoms.